The van der Waals surface area contributed by atoms with Gasteiger partial charge in [-0.3, -0.25) is 4.79 Å². The molecule has 1 aliphatic rings. The second kappa shape index (κ2) is 7.44. The number of amides is 1. The summed E-state index contributed by atoms with van der Waals surface area (Å²) >= 11 is 0. The van der Waals surface area contributed by atoms with Gasteiger partial charge in [-0.1, -0.05) is 44.2 Å². The van der Waals surface area contributed by atoms with Crippen molar-refractivity contribution in [1.82, 2.24) is 10.2 Å². The van der Waals surface area contributed by atoms with Gasteiger partial charge in [-0.05, 0) is 30.9 Å². The molecule has 110 valence electrons. The average Bonchev–Trinajstić information content (AvgIpc) is 2.65. The molecule has 1 aromatic rings. The average molecular weight is 274 g/mol. The first kappa shape index (κ1) is 15.0. The standard InChI is InChI=1S/C17H26N2O/c1-14(2)11-16-13-19(10-6-9-18-16)17(20)12-15-7-4-3-5-8-15/h3-5,7-8,14,16,18H,6,9-13H2,1-2H3. The molecule has 1 aromatic carbocycles. The lowest BCUT2D eigenvalue weighted by Gasteiger charge is -2.25. The van der Waals surface area contributed by atoms with E-state index in [4.69, 9.17) is 0 Å². The van der Waals surface area contributed by atoms with E-state index in [9.17, 15) is 4.79 Å². The summed E-state index contributed by atoms with van der Waals surface area (Å²) in [6, 6.07) is 10.5. The number of rotatable bonds is 4. The number of nitrogens with one attached hydrogen (secondary N) is 1. The lowest BCUT2D eigenvalue weighted by molar-refractivity contribution is -0.130. The minimum absolute atomic E-state index is 0.258. The normalized spacial score (nSPS) is 19.9. The molecule has 0 saturated carbocycles. The van der Waals surface area contributed by atoms with Gasteiger partial charge in [0.05, 0.1) is 6.42 Å². The quantitative estimate of drug-likeness (QED) is 0.915. The first-order valence-corrected chi connectivity index (χ1v) is 7.70. The van der Waals surface area contributed by atoms with Crippen LogP contribution in [0, 0.1) is 5.92 Å². The third-order valence-electron chi connectivity index (χ3n) is 3.79. The molecule has 1 atom stereocenters. The van der Waals surface area contributed by atoms with Crippen molar-refractivity contribution < 1.29 is 4.79 Å². The molecule has 3 heteroatoms. The number of carbonyl (C=O) groups excluding carboxylic acids is 1. The van der Waals surface area contributed by atoms with Crippen LogP contribution in [-0.2, 0) is 11.2 Å². The molecule has 1 amide bonds. The van der Waals surface area contributed by atoms with Crippen LogP contribution >= 0.6 is 0 Å². The van der Waals surface area contributed by atoms with Crippen molar-refractivity contribution in [3.63, 3.8) is 0 Å². The van der Waals surface area contributed by atoms with Crippen molar-refractivity contribution in [3.05, 3.63) is 35.9 Å². The number of hydrogen-bond acceptors (Lipinski definition) is 2. The Morgan fingerprint density at radius 2 is 2.10 bits per heavy atom. The SMILES string of the molecule is CC(C)CC1CN(C(=O)Cc2ccccc2)CCCN1. The zero-order valence-electron chi connectivity index (χ0n) is 12.6. The van der Waals surface area contributed by atoms with Crippen molar-refractivity contribution in [1.29, 1.82) is 0 Å². The zero-order valence-corrected chi connectivity index (χ0v) is 12.6. The van der Waals surface area contributed by atoms with Crippen LogP contribution < -0.4 is 5.32 Å². The molecule has 0 aromatic heterocycles. The van der Waals surface area contributed by atoms with Gasteiger partial charge < -0.3 is 10.2 Å². The summed E-state index contributed by atoms with van der Waals surface area (Å²) in [6.45, 7) is 7.23. The molecule has 0 aliphatic carbocycles. The topological polar surface area (TPSA) is 32.3 Å². The molecule has 0 radical (unpaired) electrons. The Hall–Kier alpha value is -1.35. The Kier molecular flexibility index (Phi) is 5.60. The van der Waals surface area contributed by atoms with Gasteiger partial charge in [0.25, 0.3) is 0 Å². The fraction of sp³-hybridized carbons (Fsp3) is 0.588. The van der Waals surface area contributed by atoms with Crippen LogP contribution in [0.1, 0.15) is 32.3 Å². The van der Waals surface area contributed by atoms with Crippen LogP contribution in [0.2, 0.25) is 0 Å². The Labute approximate surface area is 122 Å². The second-order valence-electron chi connectivity index (χ2n) is 6.14. The van der Waals surface area contributed by atoms with Crippen LogP contribution in [0.3, 0.4) is 0 Å². The summed E-state index contributed by atoms with van der Waals surface area (Å²) in [6.07, 6.45) is 2.71. The van der Waals surface area contributed by atoms with E-state index < -0.39 is 0 Å². The van der Waals surface area contributed by atoms with Gasteiger partial charge in [0.15, 0.2) is 0 Å². The van der Waals surface area contributed by atoms with E-state index in [2.05, 4.69) is 19.2 Å². The molecule has 1 heterocycles. The van der Waals surface area contributed by atoms with Gasteiger partial charge in [-0.25, -0.2) is 0 Å². The monoisotopic (exact) mass is 274 g/mol. The minimum Gasteiger partial charge on any atom is -0.341 e. The summed E-state index contributed by atoms with van der Waals surface area (Å²) < 4.78 is 0. The van der Waals surface area contributed by atoms with Crippen molar-refractivity contribution in [2.45, 2.75) is 39.2 Å². The van der Waals surface area contributed by atoms with E-state index in [0.717, 1.165) is 38.0 Å². The van der Waals surface area contributed by atoms with E-state index in [-0.39, 0.29) is 5.91 Å². The Morgan fingerprint density at radius 1 is 1.35 bits per heavy atom. The largest absolute Gasteiger partial charge is 0.341 e. The predicted octanol–water partition coefficient (Wildman–Crippen LogP) is 2.47. The number of nitrogens with zero attached hydrogens (tertiary/aromatic N) is 1. The fourth-order valence-electron chi connectivity index (χ4n) is 2.83. The van der Waals surface area contributed by atoms with Gasteiger partial charge >= 0.3 is 0 Å². The maximum absolute atomic E-state index is 12.4. The van der Waals surface area contributed by atoms with Crippen molar-refractivity contribution in [2.75, 3.05) is 19.6 Å². The Morgan fingerprint density at radius 3 is 2.80 bits per heavy atom. The fourth-order valence-corrected chi connectivity index (χ4v) is 2.83. The van der Waals surface area contributed by atoms with E-state index in [1.54, 1.807) is 0 Å². The first-order valence-electron chi connectivity index (χ1n) is 7.70. The summed E-state index contributed by atoms with van der Waals surface area (Å²) in [7, 11) is 0. The number of hydrogen-bond donors (Lipinski definition) is 1. The highest BCUT2D eigenvalue weighted by Gasteiger charge is 2.22. The van der Waals surface area contributed by atoms with E-state index in [1.807, 2.05) is 35.2 Å². The van der Waals surface area contributed by atoms with Crippen LogP contribution in [0.25, 0.3) is 0 Å². The van der Waals surface area contributed by atoms with Crippen LogP contribution in [-0.4, -0.2) is 36.5 Å². The third kappa shape index (κ3) is 4.64. The summed E-state index contributed by atoms with van der Waals surface area (Å²) in [5.74, 6) is 0.922. The molecule has 0 bridgehead atoms. The van der Waals surface area contributed by atoms with Gasteiger partial charge in [-0.15, -0.1) is 0 Å². The summed E-state index contributed by atoms with van der Waals surface area (Å²) in [5.41, 5.74) is 1.11. The molecule has 1 unspecified atom stereocenters. The molecule has 3 nitrogen and oxygen atoms in total. The van der Waals surface area contributed by atoms with Crippen molar-refractivity contribution >= 4 is 5.91 Å². The Bertz CT molecular complexity index is 416. The smallest absolute Gasteiger partial charge is 0.227 e. The molecule has 0 spiro atoms. The predicted molar refractivity (Wildman–Crippen MR) is 82.6 cm³/mol. The maximum Gasteiger partial charge on any atom is 0.227 e. The summed E-state index contributed by atoms with van der Waals surface area (Å²) in [4.78, 5) is 14.5. The molecule has 20 heavy (non-hydrogen) atoms. The van der Waals surface area contributed by atoms with Crippen molar-refractivity contribution in [2.24, 2.45) is 5.92 Å². The second-order valence-corrected chi connectivity index (χ2v) is 6.14. The highest BCUT2D eigenvalue weighted by atomic mass is 16.2. The molecule has 1 aliphatic heterocycles. The van der Waals surface area contributed by atoms with Crippen LogP contribution in [0.15, 0.2) is 30.3 Å². The van der Waals surface area contributed by atoms with E-state index in [0.29, 0.717) is 18.4 Å². The molecular weight excluding hydrogens is 248 g/mol. The van der Waals surface area contributed by atoms with Crippen LogP contribution in [0.4, 0.5) is 0 Å². The molecule has 2 rings (SSSR count). The summed E-state index contributed by atoms with van der Waals surface area (Å²) in [5, 5.41) is 3.57. The van der Waals surface area contributed by atoms with Gasteiger partial charge in [0.1, 0.15) is 0 Å². The lowest BCUT2D eigenvalue weighted by atomic mass is 10.0. The van der Waals surface area contributed by atoms with Gasteiger partial charge in [0, 0.05) is 19.1 Å². The van der Waals surface area contributed by atoms with Gasteiger partial charge in [0.2, 0.25) is 5.91 Å². The van der Waals surface area contributed by atoms with Crippen LogP contribution in [0.5, 0.6) is 0 Å². The maximum atomic E-state index is 12.4. The van der Waals surface area contributed by atoms with Crippen molar-refractivity contribution in [3.8, 4) is 0 Å². The molecule has 1 N–H and O–H groups in total. The van der Waals surface area contributed by atoms with E-state index in [1.165, 1.54) is 0 Å². The molecule has 1 saturated heterocycles. The molecular formula is C17H26N2O. The lowest BCUT2D eigenvalue weighted by Crippen LogP contribution is -2.41. The van der Waals surface area contributed by atoms with E-state index >= 15 is 0 Å². The first-order chi connectivity index (χ1) is 9.65. The number of carbonyl (C=O) groups is 1. The third-order valence-corrected chi connectivity index (χ3v) is 3.79. The molecule has 1 fully saturated rings. The highest BCUT2D eigenvalue weighted by molar-refractivity contribution is 5.78. The number of benzene rings is 1. The zero-order chi connectivity index (χ0) is 14.4. The van der Waals surface area contributed by atoms with Gasteiger partial charge in [-0.2, -0.15) is 0 Å². The Balaban J connectivity index is 1.93. The minimum atomic E-state index is 0.258. The highest BCUT2D eigenvalue weighted by Crippen LogP contribution is 2.11.